The average molecular weight is 836 g/mol. The zero-order valence-corrected chi connectivity index (χ0v) is 35.1. The van der Waals surface area contributed by atoms with Crippen molar-refractivity contribution in [3.63, 3.8) is 0 Å². The molecule has 2 unspecified atom stereocenters. The third-order valence-corrected chi connectivity index (χ3v) is 15.5. The molecule has 1 spiro atoms. The van der Waals surface area contributed by atoms with Crippen LogP contribution in [0.1, 0.15) is 91.9 Å². The van der Waals surface area contributed by atoms with Gasteiger partial charge >= 0.3 is 13.5 Å². The van der Waals surface area contributed by atoms with Crippen LogP contribution in [0.15, 0.2) is 84.9 Å². The van der Waals surface area contributed by atoms with Gasteiger partial charge in [-0.2, -0.15) is 5.26 Å². The lowest BCUT2D eigenvalue weighted by atomic mass is 9.85. The standard InChI is InChI=1S/C45H50N5O7PS/c1-3-23-56-44(54)29(2)48-58(55,57-34-14-8-5-9-15-34)28-30-17-20-39-32(24-30)25-40(59-39)41(51)47-37-16-10-13-33-18-19-38(50(33)42(37)52)43(53)49-27-35(31-11-6-4-7-12-31)36(26-46)45(49)21-22-45/h4-9,11-12,14-15,17,20,24-25,29,33,35-38H,3,10,13,16,18-19,21-23,27-28H2,1-2H3,(H,47,51)(H,48,55)/t29-,33-,35-,36-,37?,38-,58?/m0/s1. The second kappa shape index (κ2) is 16.9. The maximum Gasteiger partial charge on any atom is 0.323 e. The Hall–Kier alpha value is -5.02. The molecule has 3 amide bonds. The van der Waals surface area contributed by atoms with Crippen LogP contribution in [0.2, 0.25) is 0 Å². The normalized spacial score (nSPS) is 24.8. The molecule has 0 bridgehead atoms. The van der Waals surface area contributed by atoms with Gasteiger partial charge in [0, 0.05) is 23.2 Å². The zero-order valence-electron chi connectivity index (χ0n) is 33.4. The van der Waals surface area contributed by atoms with Crippen molar-refractivity contribution in [1.82, 2.24) is 20.2 Å². The van der Waals surface area contributed by atoms with Crippen molar-refractivity contribution >= 4 is 52.6 Å². The van der Waals surface area contributed by atoms with Gasteiger partial charge in [0.15, 0.2) is 0 Å². The number of nitriles is 1. The van der Waals surface area contributed by atoms with E-state index < -0.39 is 37.2 Å². The monoisotopic (exact) mass is 835 g/mol. The SMILES string of the molecule is CCCOC(=O)[C@H](C)NP(=O)(Cc1ccc2sc(C(=O)NC3CCC[C@H]4CC[C@@H](C(=O)N5C[C@@H](c6ccccc6)[C@H](C#N)C56CC6)N4C3=O)cc2c1)Oc1ccccc1. The topological polar surface area (TPSA) is 158 Å². The molecule has 2 N–H and O–H groups in total. The third-order valence-electron chi connectivity index (χ3n) is 12.4. The van der Waals surface area contributed by atoms with Crippen LogP contribution in [0.3, 0.4) is 0 Å². The molecule has 3 aliphatic heterocycles. The summed E-state index contributed by atoms with van der Waals surface area (Å²) >= 11 is 1.30. The number of fused-ring (bicyclic) bond motifs is 2. The van der Waals surface area contributed by atoms with E-state index in [4.69, 9.17) is 9.26 Å². The van der Waals surface area contributed by atoms with Gasteiger partial charge in [-0.25, -0.2) is 5.09 Å². The number of hydrogen-bond donors (Lipinski definition) is 2. The van der Waals surface area contributed by atoms with Crippen LogP contribution in [0, 0.1) is 17.2 Å². The van der Waals surface area contributed by atoms with Gasteiger partial charge in [-0.15, -0.1) is 11.3 Å². The fourth-order valence-electron chi connectivity index (χ4n) is 9.37. The molecule has 59 heavy (non-hydrogen) atoms. The molecule has 4 aliphatic rings. The first-order chi connectivity index (χ1) is 28.5. The van der Waals surface area contributed by atoms with Gasteiger partial charge in [0.05, 0.1) is 35.2 Å². The van der Waals surface area contributed by atoms with Crippen LogP contribution in [0.5, 0.6) is 5.75 Å². The summed E-state index contributed by atoms with van der Waals surface area (Å²) in [6, 6.07) is 26.2. The van der Waals surface area contributed by atoms with Crippen LogP contribution < -0.4 is 14.9 Å². The Morgan fingerprint density at radius 3 is 2.46 bits per heavy atom. The molecule has 3 aromatic carbocycles. The molecular weight excluding hydrogens is 786 g/mol. The second-order valence-electron chi connectivity index (χ2n) is 16.4. The molecule has 4 heterocycles. The smallest absolute Gasteiger partial charge is 0.323 e. The summed E-state index contributed by atoms with van der Waals surface area (Å²) < 4.78 is 26.5. The van der Waals surface area contributed by atoms with E-state index in [1.54, 1.807) is 42.2 Å². The summed E-state index contributed by atoms with van der Waals surface area (Å²) in [5, 5.41) is 17.0. The first-order valence-electron chi connectivity index (χ1n) is 20.7. The van der Waals surface area contributed by atoms with Crippen LogP contribution >= 0.6 is 18.9 Å². The Balaban J connectivity index is 0.965. The minimum absolute atomic E-state index is 0.0311. The lowest BCUT2D eigenvalue weighted by Crippen LogP contribution is -2.56. The fraction of sp³-hybridized carbons (Fsp3) is 0.444. The van der Waals surface area contributed by atoms with Gasteiger partial charge in [-0.1, -0.05) is 61.5 Å². The summed E-state index contributed by atoms with van der Waals surface area (Å²) in [5.74, 6) is -1.19. The Morgan fingerprint density at radius 1 is 1.00 bits per heavy atom. The Bertz CT molecular complexity index is 2310. The van der Waals surface area contributed by atoms with E-state index in [1.165, 1.54) is 11.3 Å². The van der Waals surface area contributed by atoms with Crippen molar-refractivity contribution in [2.24, 2.45) is 5.92 Å². The first-order valence-corrected chi connectivity index (χ1v) is 23.3. The zero-order chi connectivity index (χ0) is 41.3. The summed E-state index contributed by atoms with van der Waals surface area (Å²) in [5.41, 5.74) is 1.25. The number of likely N-dealkylation sites (tertiary alicyclic amines) is 1. The molecule has 14 heteroatoms. The van der Waals surface area contributed by atoms with Crippen molar-refractivity contribution < 1.29 is 33.0 Å². The van der Waals surface area contributed by atoms with E-state index in [0.717, 1.165) is 47.8 Å². The quantitative estimate of drug-likeness (QED) is 0.103. The number of nitrogens with zero attached hydrogens (tertiary/aromatic N) is 3. The van der Waals surface area contributed by atoms with E-state index in [0.29, 0.717) is 42.0 Å². The highest BCUT2D eigenvalue weighted by atomic mass is 32.1. The number of benzene rings is 3. The van der Waals surface area contributed by atoms with Crippen molar-refractivity contribution in [2.45, 2.75) is 107 Å². The molecule has 1 saturated carbocycles. The number of carbonyl (C=O) groups excluding carboxylic acids is 4. The highest BCUT2D eigenvalue weighted by Gasteiger charge is 2.64. The summed E-state index contributed by atoms with van der Waals surface area (Å²) in [4.78, 5) is 59.5. The minimum Gasteiger partial charge on any atom is -0.465 e. The van der Waals surface area contributed by atoms with Crippen LogP contribution in [0.25, 0.3) is 10.1 Å². The van der Waals surface area contributed by atoms with E-state index >= 15 is 0 Å². The van der Waals surface area contributed by atoms with E-state index in [1.807, 2.05) is 66.4 Å². The maximum atomic E-state index is 14.5. The second-order valence-corrected chi connectivity index (χ2v) is 19.6. The highest BCUT2D eigenvalue weighted by molar-refractivity contribution is 7.56. The van der Waals surface area contributed by atoms with Crippen molar-refractivity contribution in [2.75, 3.05) is 13.2 Å². The van der Waals surface area contributed by atoms with Crippen molar-refractivity contribution in [1.29, 1.82) is 5.26 Å². The third kappa shape index (κ3) is 8.28. The summed E-state index contributed by atoms with van der Waals surface area (Å²) in [6.45, 7) is 4.21. The predicted octanol–water partition coefficient (Wildman–Crippen LogP) is 7.54. The number of amides is 3. The number of para-hydroxylation sites is 1. The number of carbonyl (C=O) groups is 4. The van der Waals surface area contributed by atoms with E-state index in [2.05, 4.69) is 16.5 Å². The minimum atomic E-state index is -3.70. The number of ether oxygens (including phenoxy) is 1. The van der Waals surface area contributed by atoms with Gasteiger partial charge in [0.25, 0.3) is 5.91 Å². The Morgan fingerprint density at radius 2 is 1.75 bits per heavy atom. The molecule has 4 aromatic rings. The molecule has 308 valence electrons. The fourth-order valence-corrected chi connectivity index (χ4v) is 12.4. The maximum absolute atomic E-state index is 14.5. The molecule has 12 nitrogen and oxygen atoms in total. The number of rotatable bonds is 13. The molecule has 1 aromatic heterocycles. The number of thiophene rings is 1. The molecule has 4 fully saturated rings. The molecule has 7 atom stereocenters. The van der Waals surface area contributed by atoms with Gasteiger partial charge in [0.1, 0.15) is 23.9 Å². The van der Waals surface area contributed by atoms with E-state index in [9.17, 15) is 29.0 Å². The van der Waals surface area contributed by atoms with Gasteiger partial charge < -0.3 is 24.4 Å². The summed E-state index contributed by atoms with van der Waals surface area (Å²) in [7, 11) is -3.70. The molecule has 8 rings (SSSR count). The first kappa shape index (κ1) is 40.7. The Labute approximate surface area is 348 Å². The highest BCUT2D eigenvalue weighted by Crippen LogP contribution is 2.58. The summed E-state index contributed by atoms with van der Waals surface area (Å²) in [6.07, 6.45) is 5.47. The van der Waals surface area contributed by atoms with Crippen LogP contribution in [0.4, 0.5) is 0 Å². The number of hydrogen-bond acceptors (Lipinski definition) is 9. The molecular formula is C45H50N5O7PS. The molecule has 1 aliphatic carbocycles. The van der Waals surface area contributed by atoms with Gasteiger partial charge in [-0.05, 0) is 105 Å². The lowest BCUT2D eigenvalue weighted by Gasteiger charge is -2.35. The number of esters is 1. The average Bonchev–Trinajstić information content (AvgIpc) is 3.61. The number of nitrogens with one attached hydrogen (secondary N) is 2. The van der Waals surface area contributed by atoms with Gasteiger partial charge in [-0.3, -0.25) is 23.7 Å². The predicted molar refractivity (Wildman–Crippen MR) is 225 cm³/mol. The lowest BCUT2D eigenvalue weighted by molar-refractivity contribution is -0.147. The van der Waals surface area contributed by atoms with Crippen molar-refractivity contribution in [3.05, 3.63) is 101 Å². The van der Waals surface area contributed by atoms with Crippen LogP contribution in [-0.4, -0.2) is 76.3 Å². The van der Waals surface area contributed by atoms with Crippen LogP contribution in [-0.2, 0) is 29.8 Å². The van der Waals surface area contributed by atoms with Crippen molar-refractivity contribution in [3.8, 4) is 11.8 Å². The largest absolute Gasteiger partial charge is 0.465 e. The molecule has 3 saturated heterocycles. The van der Waals surface area contributed by atoms with Gasteiger partial charge in [0.2, 0.25) is 11.8 Å². The molecule has 0 radical (unpaired) electrons. The van der Waals surface area contributed by atoms with E-state index in [-0.39, 0.29) is 48.4 Å². The Kier molecular flexibility index (Phi) is 11.7.